The lowest BCUT2D eigenvalue weighted by Gasteiger charge is -2.22. The number of aryl methyl sites for hydroxylation is 1. The summed E-state index contributed by atoms with van der Waals surface area (Å²) < 4.78 is 0. The van der Waals surface area contributed by atoms with Crippen molar-refractivity contribution in [3.63, 3.8) is 0 Å². The second-order valence-corrected chi connectivity index (χ2v) is 5.81. The third kappa shape index (κ3) is 2.28. The number of fused-ring (bicyclic) bond motifs is 2. The van der Waals surface area contributed by atoms with Gasteiger partial charge in [-0.3, -0.25) is 14.5 Å². The van der Waals surface area contributed by atoms with Crippen molar-refractivity contribution in [2.24, 2.45) is 0 Å². The van der Waals surface area contributed by atoms with Crippen LogP contribution in [0.1, 0.15) is 24.0 Å². The summed E-state index contributed by atoms with van der Waals surface area (Å²) in [5, 5.41) is 5.16. The Hall–Kier alpha value is -2.70. The normalized spacial score (nSPS) is 22.4. The second kappa shape index (κ2) is 5.49. The number of nitrogens with zero attached hydrogens (tertiary/aromatic N) is 1. The van der Waals surface area contributed by atoms with Gasteiger partial charge < -0.3 is 15.4 Å². The van der Waals surface area contributed by atoms with Gasteiger partial charge in [0.2, 0.25) is 11.8 Å². The molecule has 7 nitrogen and oxygen atoms in total. The summed E-state index contributed by atoms with van der Waals surface area (Å²) in [6, 6.07) is 5.03. The molecule has 4 amide bonds. The van der Waals surface area contributed by atoms with E-state index in [1.807, 2.05) is 6.07 Å². The number of carbonyl (C=O) groups excluding carboxylic acids is 4. The van der Waals surface area contributed by atoms with Gasteiger partial charge in [-0.1, -0.05) is 6.07 Å². The van der Waals surface area contributed by atoms with Crippen molar-refractivity contribution in [1.82, 2.24) is 10.2 Å². The molecule has 1 atom stereocenters. The molecule has 23 heavy (non-hydrogen) atoms. The van der Waals surface area contributed by atoms with Crippen molar-refractivity contribution in [1.29, 1.82) is 0 Å². The lowest BCUT2D eigenvalue weighted by atomic mass is 9.80. The van der Waals surface area contributed by atoms with Crippen LogP contribution in [-0.2, 0) is 26.2 Å². The number of urea groups is 1. The first-order chi connectivity index (χ1) is 11.0. The number of carbonyl (C=O) groups is 4. The molecule has 120 valence electrons. The van der Waals surface area contributed by atoms with Crippen LogP contribution in [-0.4, -0.2) is 42.6 Å². The van der Waals surface area contributed by atoms with Gasteiger partial charge in [-0.2, -0.15) is 0 Å². The van der Waals surface area contributed by atoms with E-state index in [1.165, 1.54) is 7.05 Å². The number of hydrogen-bond acceptors (Lipinski definition) is 4. The van der Waals surface area contributed by atoms with Crippen LogP contribution in [0.4, 0.5) is 10.5 Å². The maximum atomic E-state index is 12.7. The van der Waals surface area contributed by atoms with Crippen molar-refractivity contribution in [2.45, 2.75) is 24.7 Å². The van der Waals surface area contributed by atoms with Crippen LogP contribution in [0, 0.1) is 0 Å². The minimum absolute atomic E-state index is 0.106. The summed E-state index contributed by atoms with van der Waals surface area (Å²) in [6.45, 7) is -0.189. The predicted octanol–water partition coefficient (Wildman–Crippen LogP) is 0.580. The van der Waals surface area contributed by atoms with E-state index in [2.05, 4.69) is 10.6 Å². The fraction of sp³-hybridized carbons (Fsp3) is 0.375. The third-order valence-corrected chi connectivity index (χ3v) is 4.59. The molecule has 0 radical (unpaired) electrons. The van der Waals surface area contributed by atoms with E-state index in [1.54, 1.807) is 12.1 Å². The molecule has 1 aliphatic carbocycles. The lowest BCUT2D eigenvalue weighted by Crippen LogP contribution is -2.38. The standard InChI is InChI=1S/C16H17N3O4/c1-17-15(23)18-11-2-3-12-10(8-11)4-5-16(12)9-13(21)19(6-7-20)14(16)22/h2-3,7-8H,4-6,9H2,1H3,(H2,17,18,23)/t16-/m1/s1. The van der Waals surface area contributed by atoms with Gasteiger partial charge >= 0.3 is 6.03 Å². The van der Waals surface area contributed by atoms with E-state index in [4.69, 9.17) is 0 Å². The third-order valence-electron chi connectivity index (χ3n) is 4.59. The average molecular weight is 315 g/mol. The van der Waals surface area contributed by atoms with Gasteiger partial charge in [0.25, 0.3) is 0 Å². The number of anilines is 1. The number of hydrogen-bond donors (Lipinski definition) is 2. The highest BCUT2D eigenvalue weighted by molar-refractivity contribution is 6.10. The minimum atomic E-state index is -0.846. The first kappa shape index (κ1) is 15.2. The summed E-state index contributed by atoms with van der Waals surface area (Å²) in [5.41, 5.74) is 1.57. The number of likely N-dealkylation sites (tertiary alicyclic amines) is 1. The van der Waals surface area contributed by atoms with E-state index in [0.29, 0.717) is 24.8 Å². The van der Waals surface area contributed by atoms with Crippen LogP contribution >= 0.6 is 0 Å². The summed E-state index contributed by atoms with van der Waals surface area (Å²) in [5.74, 6) is -0.595. The zero-order chi connectivity index (χ0) is 16.6. The number of amides is 4. The molecule has 1 aromatic rings. The van der Waals surface area contributed by atoms with E-state index in [0.717, 1.165) is 16.0 Å². The highest BCUT2D eigenvalue weighted by Crippen LogP contribution is 2.47. The van der Waals surface area contributed by atoms with E-state index < -0.39 is 5.41 Å². The topological polar surface area (TPSA) is 95.6 Å². The quantitative estimate of drug-likeness (QED) is 0.630. The zero-order valence-corrected chi connectivity index (χ0v) is 12.7. The molecule has 2 aliphatic rings. The second-order valence-electron chi connectivity index (χ2n) is 5.81. The summed E-state index contributed by atoms with van der Waals surface area (Å²) >= 11 is 0. The minimum Gasteiger partial charge on any atom is -0.341 e. The summed E-state index contributed by atoms with van der Waals surface area (Å²) in [4.78, 5) is 47.9. The van der Waals surface area contributed by atoms with Crippen LogP contribution in [0.3, 0.4) is 0 Å². The highest BCUT2D eigenvalue weighted by atomic mass is 16.2. The Balaban J connectivity index is 1.93. The molecule has 3 rings (SSSR count). The Morgan fingerprint density at radius 1 is 1.39 bits per heavy atom. The molecular weight excluding hydrogens is 298 g/mol. The van der Waals surface area contributed by atoms with Gasteiger partial charge in [0.05, 0.1) is 12.0 Å². The Morgan fingerprint density at radius 3 is 2.87 bits per heavy atom. The molecular formula is C16H17N3O4. The monoisotopic (exact) mass is 315 g/mol. The van der Waals surface area contributed by atoms with Gasteiger partial charge in [-0.25, -0.2) is 4.79 Å². The van der Waals surface area contributed by atoms with Crippen LogP contribution in [0.2, 0.25) is 0 Å². The van der Waals surface area contributed by atoms with Crippen molar-refractivity contribution < 1.29 is 19.2 Å². The molecule has 2 N–H and O–H groups in total. The number of imide groups is 1. The fourth-order valence-electron chi connectivity index (χ4n) is 3.49. The molecule has 1 heterocycles. The molecule has 1 fully saturated rings. The van der Waals surface area contributed by atoms with Gasteiger partial charge in [0.1, 0.15) is 6.29 Å². The first-order valence-electron chi connectivity index (χ1n) is 7.42. The van der Waals surface area contributed by atoms with Crippen LogP contribution in [0.5, 0.6) is 0 Å². The Morgan fingerprint density at radius 2 is 2.17 bits per heavy atom. The molecule has 0 bridgehead atoms. The van der Waals surface area contributed by atoms with Crippen molar-refractivity contribution in [3.05, 3.63) is 29.3 Å². The summed E-state index contributed by atoms with van der Waals surface area (Å²) in [6.07, 6.45) is 1.88. The molecule has 7 heteroatoms. The SMILES string of the molecule is CNC(=O)Nc1ccc2c(c1)CC[C@@]21CC(=O)N(CC=O)C1=O. The predicted molar refractivity (Wildman–Crippen MR) is 81.9 cm³/mol. The number of benzene rings is 1. The maximum absolute atomic E-state index is 12.7. The van der Waals surface area contributed by atoms with Crippen LogP contribution in [0.25, 0.3) is 0 Å². The smallest absolute Gasteiger partial charge is 0.318 e. The lowest BCUT2D eigenvalue weighted by molar-refractivity contribution is -0.141. The zero-order valence-electron chi connectivity index (χ0n) is 12.7. The van der Waals surface area contributed by atoms with Crippen LogP contribution < -0.4 is 10.6 Å². The summed E-state index contributed by atoms with van der Waals surface area (Å²) in [7, 11) is 1.53. The van der Waals surface area contributed by atoms with Gasteiger partial charge in [0, 0.05) is 19.2 Å². The van der Waals surface area contributed by atoms with Gasteiger partial charge in [-0.15, -0.1) is 0 Å². The van der Waals surface area contributed by atoms with Crippen molar-refractivity contribution in [2.75, 3.05) is 18.9 Å². The Bertz CT molecular complexity index is 715. The van der Waals surface area contributed by atoms with Gasteiger partial charge in [-0.05, 0) is 36.1 Å². The number of aldehydes is 1. The molecule has 1 saturated heterocycles. The average Bonchev–Trinajstić information content (AvgIpc) is 3.01. The molecule has 1 aliphatic heterocycles. The largest absolute Gasteiger partial charge is 0.341 e. The molecule has 0 aromatic heterocycles. The Labute approximate surface area is 133 Å². The molecule has 0 saturated carbocycles. The molecule has 1 spiro atoms. The van der Waals surface area contributed by atoms with Crippen LogP contribution in [0.15, 0.2) is 18.2 Å². The van der Waals surface area contributed by atoms with Crippen molar-refractivity contribution >= 4 is 29.8 Å². The fourth-order valence-corrected chi connectivity index (χ4v) is 3.49. The van der Waals surface area contributed by atoms with E-state index in [-0.39, 0.29) is 30.8 Å². The number of rotatable bonds is 3. The molecule has 0 unspecified atom stereocenters. The number of nitrogens with one attached hydrogen (secondary N) is 2. The Kier molecular flexibility index (Phi) is 3.63. The highest BCUT2D eigenvalue weighted by Gasteiger charge is 2.55. The van der Waals surface area contributed by atoms with Gasteiger partial charge in [0.15, 0.2) is 0 Å². The van der Waals surface area contributed by atoms with E-state index >= 15 is 0 Å². The first-order valence-corrected chi connectivity index (χ1v) is 7.42. The maximum Gasteiger partial charge on any atom is 0.318 e. The molecule has 1 aromatic carbocycles. The van der Waals surface area contributed by atoms with E-state index in [9.17, 15) is 19.2 Å². The van der Waals surface area contributed by atoms with Crippen molar-refractivity contribution in [3.8, 4) is 0 Å².